The van der Waals surface area contributed by atoms with Gasteiger partial charge in [-0.2, -0.15) is 9.78 Å². The Bertz CT molecular complexity index is 745. The largest absolute Gasteiger partial charge is 0.344 e. The van der Waals surface area contributed by atoms with E-state index in [9.17, 15) is 4.79 Å². The van der Waals surface area contributed by atoms with Crippen LogP contribution in [0.3, 0.4) is 0 Å². The Labute approximate surface area is 146 Å². The first-order valence-corrected chi connectivity index (χ1v) is 8.74. The molecule has 2 aromatic rings. The lowest BCUT2D eigenvalue weighted by atomic mass is 10.0. The van der Waals surface area contributed by atoms with E-state index in [2.05, 4.69) is 16.1 Å². The third-order valence-electron chi connectivity index (χ3n) is 5.09. The van der Waals surface area contributed by atoms with E-state index < -0.39 is 0 Å². The fourth-order valence-electron chi connectivity index (χ4n) is 3.91. The number of carbonyl (C=O) groups excluding carboxylic acids is 1. The zero-order valence-corrected chi connectivity index (χ0v) is 14.5. The standard InChI is InChI=1S/C18H21ClN4O/c1-13-6-20-23(7-13)18(24)22-11-15-9-21(10-16(15)12-22)8-14-4-2-3-5-17(14)19/h2-7,15-16H,8-12H2,1H3. The van der Waals surface area contributed by atoms with Crippen molar-refractivity contribution in [3.63, 3.8) is 0 Å². The number of carbonyl (C=O) groups is 1. The van der Waals surface area contributed by atoms with Crippen LogP contribution in [0.2, 0.25) is 5.02 Å². The molecule has 2 atom stereocenters. The van der Waals surface area contributed by atoms with E-state index in [4.69, 9.17) is 11.6 Å². The summed E-state index contributed by atoms with van der Waals surface area (Å²) in [5.41, 5.74) is 2.19. The molecule has 0 N–H and O–H groups in total. The minimum absolute atomic E-state index is 0.00449. The fourth-order valence-corrected chi connectivity index (χ4v) is 4.10. The molecule has 5 nitrogen and oxygen atoms in total. The Hall–Kier alpha value is -1.85. The summed E-state index contributed by atoms with van der Waals surface area (Å²) in [7, 11) is 0. The van der Waals surface area contributed by atoms with Crippen LogP contribution in [0.4, 0.5) is 4.79 Å². The van der Waals surface area contributed by atoms with Gasteiger partial charge in [0.2, 0.25) is 0 Å². The number of likely N-dealkylation sites (tertiary alicyclic amines) is 2. The monoisotopic (exact) mass is 344 g/mol. The molecule has 3 heterocycles. The summed E-state index contributed by atoms with van der Waals surface area (Å²) in [5, 5.41) is 4.97. The molecule has 6 heteroatoms. The first-order chi connectivity index (χ1) is 11.6. The van der Waals surface area contributed by atoms with Crippen LogP contribution in [0.25, 0.3) is 0 Å². The molecule has 0 aliphatic carbocycles. The third kappa shape index (κ3) is 2.94. The van der Waals surface area contributed by atoms with Crippen LogP contribution in [0.5, 0.6) is 0 Å². The van der Waals surface area contributed by atoms with Gasteiger partial charge in [0.1, 0.15) is 0 Å². The lowest BCUT2D eigenvalue weighted by Crippen LogP contribution is -2.36. The molecule has 1 aromatic heterocycles. The molecule has 0 spiro atoms. The van der Waals surface area contributed by atoms with Gasteiger partial charge < -0.3 is 4.90 Å². The second kappa shape index (κ2) is 6.22. The first-order valence-electron chi connectivity index (χ1n) is 8.36. The van der Waals surface area contributed by atoms with Crippen LogP contribution >= 0.6 is 11.6 Å². The van der Waals surface area contributed by atoms with Crippen LogP contribution in [0.1, 0.15) is 11.1 Å². The summed E-state index contributed by atoms with van der Waals surface area (Å²) in [6.45, 7) is 6.53. The number of fused-ring (bicyclic) bond motifs is 1. The van der Waals surface area contributed by atoms with Gasteiger partial charge >= 0.3 is 6.03 Å². The maximum absolute atomic E-state index is 12.5. The zero-order valence-electron chi connectivity index (χ0n) is 13.7. The highest BCUT2D eigenvalue weighted by Gasteiger charge is 2.41. The Morgan fingerprint density at radius 3 is 2.54 bits per heavy atom. The van der Waals surface area contributed by atoms with Gasteiger partial charge in [-0.15, -0.1) is 0 Å². The molecular formula is C18H21ClN4O. The lowest BCUT2D eigenvalue weighted by Gasteiger charge is -2.21. The van der Waals surface area contributed by atoms with E-state index >= 15 is 0 Å². The third-order valence-corrected chi connectivity index (χ3v) is 5.46. The van der Waals surface area contributed by atoms with Gasteiger partial charge in [-0.25, -0.2) is 4.79 Å². The molecule has 4 rings (SSSR count). The van der Waals surface area contributed by atoms with Gasteiger partial charge in [-0.1, -0.05) is 29.8 Å². The van der Waals surface area contributed by atoms with Crippen molar-refractivity contribution in [2.45, 2.75) is 13.5 Å². The van der Waals surface area contributed by atoms with Crippen molar-refractivity contribution in [3.8, 4) is 0 Å². The van der Waals surface area contributed by atoms with Crippen LogP contribution < -0.4 is 0 Å². The van der Waals surface area contributed by atoms with Crippen LogP contribution in [0.15, 0.2) is 36.7 Å². The van der Waals surface area contributed by atoms with E-state index in [1.807, 2.05) is 30.0 Å². The number of hydrogen-bond acceptors (Lipinski definition) is 3. The van der Waals surface area contributed by atoms with Gasteiger partial charge in [0.25, 0.3) is 0 Å². The Balaban J connectivity index is 1.37. The van der Waals surface area contributed by atoms with Gasteiger partial charge in [0.05, 0.1) is 6.20 Å². The molecule has 0 saturated carbocycles. The highest BCUT2D eigenvalue weighted by molar-refractivity contribution is 6.31. The number of rotatable bonds is 2. The van der Waals surface area contributed by atoms with Crippen molar-refractivity contribution >= 4 is 17.6 Å². The summed E-state index contributed by atoms with van der Waals surface area (Å²) in [6.07, 6.45) is 3.51. The van der Waals surface area contributed by atoms with Crippen molar-refractivity contribution in [1.82, 2.24) is 19.6 Å². The molecule has 2 fully saturated rings. The maximum atomic E-state index is 12.5. The van der Waals surface area contributed by atoms with Crippen LogP contribution in [-0.2, 0) is 6.54 Å². The van der Waals surface area contributed by atoms with Gasteiger partial charge in [-0.05, 0) is 36.0 Å². The molecule has 1 amide bonds. The molecule has 2 aliphatic rings. The number of hydrogen-bond donors (Lipinski definition) is 0. The topological polar surface area (TPSA) is 41.4 Å². The van der Waals surface area contributed by atoms with Crippen molar-refractivity contribution < 1.29 is 4.79 Å². The molecule has 1 aromatic carbocycles. The lowest BCUT2D eigenvalue weighted by molar-refractivity contribution is 0.197. The Kier molecular flexibility index (Phi) is 4.06. The van der Waals surface area contributed by atoms with E-state index in [0.29, 0.717) is 11.8 Å². The van der Waals surface area contributed by atoms with Crippen molar-refractivity contribution in [1.29, 1.82) is 0 Å². The molecule has 24 heavy (non-hydrogen) atoms. The van der Waals surface area contributed by atoms with Crippen LogP contribution in [-0.4, -0.2) is 51.8 Å². The highest BCUT2D eigenvalue weighted by Crippen LogP contribution is 2.32. The molecule has 2 unspecified atom stereocenters. The summed E-state index contributed by atoms with van der Waals surface area (Å²) in [4.78, 5) is 16.9. The number of halogens is 1. The Morgan fingerprint density at radius 1 is 1.21 bits per heavy atom. The average molecular weight is 345 g/mol. The summed E-state index contributed by atoms with van der Waals surface area (Å²) in [5.74, 6) is 1.10. The fraction of sp³-hybridized carbons (Fsp3) is 0.444. The predicted molar refractivity (Wildman–Crippen MR) is 93.0 cm³/mol. The molecular weight excluding hydrogens is 324 g/mol. The maximum Gasteiger partial charge on any atom is 0.344 e. The van der Waals surface area contributed by atoms with Crippen LogP contribution in [0, 0.1) is 18.8 Å². The van der Waals surface area contributed by atoms with E-state index in [1.165, 1.54) is 10.2 Å². The van der Waals surface area contributed by atoms with Gasteiger partial charge in [-0.3, -0.25) is 4.90 Å². The molecule has 126 valence electrons. The molecule has 2 saturated heterocycles. The first kappa shape index (κ1) is 15.7. The van der Waals surface area contributed by atoms with E-state index in [1.54, 1.807) is 12.4 Å². The number of aryl methyl sites for hydroxylation is 1. The summed E-state index contributed by atoms with van der Waals surface area (Å²) in [6, 6.07) is 8.03. The normalized spacial score (nSPS) is 23.7. The number of aromatic nitrogens is 2. The SMILES string of the molecule is Cc1cnn(C(=O)N2CC3CN(Cc4ccccc4Cl)CC3C2)c1. The average Bonchev–Trinajstić information content (AvgIpc) is 3.23. The van der Waals surface area contributed by atoms with Gasteiger partial charge in [0.15, 0.2) is 0 Å². The summed E-state index contributed by atoms with van der Waals surface area (Å²) >= 11 is 6.27. The van der Waals surface area contributed by atoms with Crippen molar-refractivity contribution in [3.05, 3.63) is 52.8 Å². The minimum Gasteiger partial charge on any atom is -0.322 e. The summed E-state index contributed by atoms with van der Waals surface area (Å²) < 4.78 is 1.46. The van der Waals surface area contributed by atoms with E-state index in [-0.39, 0.29) is 6.03 Å². The second-order valence-corrected chi connectivity index (χ2v) is 7.36. The molecule has 0 bridgehead atoms. The quantitative estimate of drug-likeness (QED) is 0.841. The Morgan fingerprint density at radius 2 is 1.92 bits per heavy atom. The predicted octanol–water partition coefficient (Wildman–Crippen LogP) is 2.88. The minimum atomic E-state index is -0.00449. The number of amides is 1. The molecule has 0 radical (unpaired) electrons. The number of nitrogens with zero attached hydrogens (tertiary/aromatic N) is 4. The van der Waals surface area contributed by atoms with Crippen molar-refractivity contribution in [2.24, 2.45) is 11.8 Å². The second-order valence-electron chi connectivity index (χ2n) is 6.96. The van der Waals surface area contributed by atoms with E-state index in [0.717, 1.165) is 43.3 Å². The number of benzene rings is 1. The van der Waals surface area contributed by atoms with Gasteiger partial charge in [0, 0.05) is 43.9 Å². The zero-order chi connectivity index (χ0) is 16.7. The van der Waals surface area contributed by atoms with Crippen molar-refractivity contribution in [2.75, 3.05) is 26.2 Å². The molecule has 2 aliphatic heterocycles. The highest BCUT2D eigenvalue weighted by atomic mass is 35.5. The smallest absolute Gasteiger partial charge is 0.322 e.